The van der Waals surface area contributed by atoms with E-state index in [2.05, 4.69) is 5.32 Å². The van der Waals surface area contributed by atoms with E-state index in [1.165, 1.54) is 18.2 Å². The first-order chi connectivity index (χ1) is 13.6. The van der Waals surface area contributed by atoms with Crippen LogP contribution in [-0.4, -0.2) is 40.3 Å². The summed E-state index contributed by atoms with van der Waals surface area (Å²) < 4.78 is 36.5. The van der Waals surface area contributed by atoms with E-state index in [4.69, 9.17) is 32.7 Å². The molecule has 1 aliphatic rings. The van der Waals surface area contributed by atoms with Gasteiger partial charge < -0.3 is 14.8 Å². The van der Waals surface area contributed by atoms with Crippen LogP contribution in [0, 0.1) is 0 Å². The standard InChI is InChI=1S/C19H20Cl2N2O5S/c1-12(13-3-6-17-18(9-13)28-8-7-27-17)22-19(24)11-23(29(2,25)26)16-10-14(20)4-5-15(16)21/h3-6,9-10,12H,7-8,11H2,1-2H3,(H,22,24). The molecule has 0 radical (unpaired) electrons. The van der Waals surface area contributed by atoms with Gasteiger partial charge in [-0.05, 0) is 42.8 Å². The van der Waals surface area contributed by atoms with E-state index in [9.17, 15) is 13.2 Å². The van der Waals surface area contributed by atoms with E-state index in [1.54, 1.807) is 19.1 Å². The Balaban J connectivity index is 1.76. The summed E-state index contributed by atoms with van der Waals surface area (Å²) >= 11 is 12.1. The molecule has 1 atom stereocenters. The third-order valence-corrected chi connectivity index (χ3v) is 5.99. The third-order valence-electron chi connectivity index (χ3n) is 4.31. The second kappa shape index (κ2) is 8.69. The van der Waals surface area contributed by atoms with Crippen LogP contribution in [0.4, 0.5) is 5.69 Å². The minimum Gasteiger partial charge on any atom is -0.486 e. The van der Waals surface area contributed by atoms with Gasteiger partial charge in [0, 0.05) is 5.02 Å². The molecule has 156 valence electrons. The smallest absolute Gasteiger partial charge is 0.241 e. The topological polar surface area (TPSA) is 84.9 Å². The van der Waals surface area contributed by atoms with Crippen LogP contribution in [0.2, 0.25) is 10.0 Å². The summed E-state index contributed by atoms with van der Waals surface area (Å²) in [7, 11) is -3.77. The Hall–Kier alpha value is -2.16. The first-order valence-corrected chi connectivity index (χ1v) is 11.4. The number of rotatable bonds is 6. The first kappa shape index (κ1) is 21.5. The Morgan fingerprint density at radius 3 is 2.52 bits per heavy atom. The number of hydrogen-bond acceptors (Lipinski definition) is 5. The number of benzene rings is 2. The lowest BCUT2D eigenvalue weighted by Crippen LogP contribution is -2.41. The molecule has 2 aromatic rings. The normalized spacial score (nSPS) is 14.2. The van der Waals surface area contributed by atoms with Crippen LogP contribution in [0.25, 0.3) is 0 Å². The monoisotopic (exact) mass is 458 g/mol. The van der Waals surface area contributed by atoms with E-state index in [0.29, 0.717) is 29.7 Å². The molecule has 0 bridgehead atoms. The number of sulfonamides is 1. The molecule has 0 saturated heterocycles. The van der Waals surface area contributed by atoms with Gasteiger partial charge in [0.25, 0.3) is 0 Å². The molecule has 1 unspecified atom stereocenters. The second-order valence-corrected chi connectivity index (χ2v) is 9.31. The maximum Gasteiger partial charge on any atom is 0.241 e. The Labute approximate surface area is 179 Å². The maximum absolute atomic E-state index is 12.6. The number of carbonyl (C=O) groups excluding carboxylic acids is 1. The molecule has 1 N–H and O–H groups in total. The van der Waals surface area contributed by atoms with Crippen molar-refractivity contribution in [3.8, 4) is 11.5 Å². The van der Waals surface area contributed by atoms with Crippen LogP contribution in [0.1, 0.15) is 18.5 Å². The number of hydrogen-bond donors (Lipinski definition) is 1. The van der Waals surface area contributed by atoms with Crippen molar-refractivity contribution in [2.24, 2.45) is 0 Å². The Kier molecular flexibility index (Phi) is 6.45. The number of fused-ring (bicyclic) bond motifs is 1. The fourth-order valence-electron chi connectivity index (χ4n) is 2.89. The summed E-state index contributed by atoms with van der Waals surface area (Å²) in [5.41, 5.74) is 0.943. The van der Waals surface area contributed by atoms with Crippen molar-refractivity contribution in [3.63, 3.8) is 0 Å². The number of nitrogens with one attached hydrogen (secondary N) is 1. The molecular weight excluding hydrogens is 439 g/mol. The minimum absolute atomic E-state index is 0.142. The van der Waals surface area contributed by atoms with Gasteiger partial charge in [-0.1, -0.05) is 29.3 Å². The van der Waals surface area contributed by atoms with Crippen molar-refractivity contribution >= 4 is 44.8 Å². The molecule has 1 amide bonds. The number of amides is 1. The van der Waals surface area contributed by atoms with Gasteiger partial charge in [0.1, 0.15) is 19.8 Å². The third kappa shape index (κ3) is 5.26. The Morgan fingerprint density at radius 1 is 1.14 bits per heavy atom. The minimum atomic E-state index is -3.77. The van der Waals surface area contributed by atoms with Gasteiger partial charge in [-0.2, -0.15) is 0 Å². The molecule has 0 spiro atoms. The second-order valence-electron chi connectivity index (χ2n) is 6.56. The highest BCUT2D eigenvalue weighted by Crippen LogP contribution is 2.33. The first-order valence-electron chi connectivity index (χ1n) is 8.77. The van der Waals surface area contributed by atoms with Crippen molar-refractivity contribution in [1.29, 1.82) is 0 Å². The van der Waals surface area contributed by atoms with Crippen molar-refractivity contribution in [1.82, 2.24) is 5.32 Å². The van der Waals surface area contributed by atoms with Crippen LogP contribution in [-0.2, 0) is 14.8 Å². The lowest BCUT2D eigenvalue weighted by atomic mass is 10.1. The van der Waals surface area contributed by atoms with E-state index in [-0.39, 0.29) is 16.8 Å². The maximum atomic E-state index is 12.6. The molecular formula is C19H20Cl2N2O5S. The lowest BCUT2D eigenvalue weighted by Gasteiger charge is -2.25. The van der Waals surface area contributed by atoms with E-state index < -0.39 is 22.5 Å². The molecule has 29 heavy (non-hydrogen) atoms. The summed E-state index contributed by atoms with van der Waals surface area (Å²) in [6, 6.07) is 9.44. The molecule has 1 heterocycles. The zero-order valence-electron chi connectivity index (χ0n) is 15.8. The quantitative estimate of drug-likeness (QED) is 0.716. The van der Waals surface area contributed by atoms with Crippen LogP contribution < -0.4 is 19.1 Å². The van der Waals surface area contributed by atoms with Gasteiger partial charge in [-0.3, -0.25) is 9.10 Å². The zero-order valence-corrected chi connectivity index (χ0v) is 18.1. The molecule has 10 heteroatoms. The number of nitrogens with zero attached hydrogens (tertiary/aromatic N) is 1. The van der Waals surface area contributed by atoms with Gasteiger partial charge in [-0.25, -0.2) is 8.42 Å². The van der Waals surface area contributed by atoms with Gasteiger partial charge in [-0.15, -0.1) is 0 Å². The molecule has 0 aliphatic carbocycles. The van der Waals surface area contributed by atoms with Gasteiger partial charge in [0.15, 0.2) is 11.5 Å². The highest BCUT2D eigenvalue weighted by molar-refractivity contribution is 7.92. The number of halogens is 2. The SMILES string of the molecule is CC(NC(=O)CN(c1cc(Cl)ccc1Cl)S(C)(=O)=O)c1ccc2c(c1)OCCO2. The molecule has 1 aliphatic heterocycles. The largest absolute Gasteiger partial charge is 0.486 e. The summed E-state index contributed by atoms with van der Waals surface area (Å²) in [6.45, 7) is 2.31. The number of anilines is 1. The van der Waals surface area contributed by atoms with Crippen molar-refractivity contribution in [3.05, 3.63) is 52.0 Å². The Morgan fingerprint density at radius 2 is 1.83 bits per heavy atom. The highest BCUT2D eigenvalue weighted by Gasteiger charge is 2.24. The fourth-order valence-corrected chi connectivity index (χ4v) is 4.18. The highest BCUT2D eigenvalue weighted by atomic mass is 35.5. The Bertz CT molecular complexity index is 1030. The van der Waals surface area contributed by atoms with Crippen LogP contribution in [0.3, 0.4) is 0 Å². The lowest BCUT2D eigenvalue weighted by molar-refractivity contribution is -0.120. The van der Waals surface area contributed by atoms with Gasteiger partial charge in [0.2, 0.25) is 15.9 Å². The van der Waals surface area contributed by atoms with Crippen LogP contribution in [0.5, 0.6) is 11.5 Å². The van der Waals surface area contributed by atoms with E-state index in [1.807, 2.05) is 6.07 Å². The number of ether oxygens (including phenoxy) is 2. The van der Waals surface area contributed by atoms with Gasteiger partial charge >= 0.3 is 0 Å². The zero-order chi connectivity index (χ0) is 21.2. The van der Waals surface area contributed by atoms with E-state index >= 15 is 0 Å². The van der Waals surface area contributed by atoms with Crippen molar-refractivity contribution < 1.29 is 22.7 Å². The average molecular weight is 459 g/mol. The average Bonchev–Trinajstić information content (AvgIpc) is 2.67. The predicted molar refractivity (Wildman–Crippen MR) is 113 cm³/mol. The molecule has 7 nitrogen and oxygen atoms in total. The summed E-state index contributed by atoms with van der Waals surface area (Å²) in [4.78, 5) is 12.6. The van der Waals surface area contributed by atoms with Crippen molar-refractivity contribution in [2.45, 2.75) is 13.0 Å². The van der Waals surface area contributed by atoms with Crippen LogP contribution >= 0.6 is 23.2 Å². The van der Waals surface area contributed by atoms with Crippen LogP contribution in [0.15, 0.2) is 36.4 Å². The summed E-state index contributed by atoms with van der Waals surface area (Å²) in [6.07, 6.45) is 1.00. The molecule has 2 aromatic carbocycles. The fraction of sp³-hybridized carbons (Fsp3) is 0.316. The predicted octanol–water partition coefficient (Wildman–Crippen LogP) is 3.41. The summed E-state index contributed by atoms with van der Waals surface area (Å²) in [5, 5.41) is 3.27. The molecule has 3 rings (SSSR count). The summed E-state index contributed by atoms with van der Waals surface area (Å²) in [5.74, 6) is 0.768. The molecule has 0 fully saturated rings. The van der Waals surface area contributed by atoms with E-state index in [0.717, 1.165) is 16.1 Å². The number of carbonyl (C=O) groups is 1. The van der Waals surface area contributed by atoms with Gasteiger partial charge in [0.05, 0.1) is 23.0 Å². The molecule has 0 aromatic heterocycles. The van der Waals surface area contributed by atoms with Crippen molar-refractivity contribution in [2.75, 3.05) is 30.3 Å². The molecule has 0 saturated carbocycles.